The molecule has 0 spiro atoms. The number of guanidine groups is 1. The first-order chi connectivity index (χ1) is 18.6. The van der Waals surface area contributed by atoms with Gasteiger partial charge < -0.3 is 21.5 Å². The van der Waals surface area contributed by atoms with Crippen LogP contribution in [0.2, 0.25) is 0 Å². The van der Waals surface area contributed by atoms with Gasteiger partial charge in [-0.05, 0) is 65.6 Å². The van der Waals surface area contributed by atoms with E-state index < -0.39 is 21.9 Å². The van der Waals surface area contributed by atoms with Gasteiger partial charge >= 0.3 is 0 Å². The molecule has 0 amide bonds. The number of rotatable bonds is 4. The van der Waals surface area contributed by atoms with E-state index in [-0.39, 0.29) is 33.0 Å². The number of nitrogens with two attached hydrogens (primary N) is 2. The summed E-state index contributed by atoms with van der Waals surface area (Å²) in [5.74, 6) is -1.05. The minimum absolute atomic E-state index is 0.0227. The zero-order valence-electron chi connectivity index (χ0n) is 23.1. The quantitative estimate of drug-likeness (QED) is 0.369. The van der Waals surface area contributed by atoms with Gasteiger partial charge in [0.15, 0.2) is 11.6 Å². The van der Waals surface area contributed by atoms with Crippen molar-refractivity contribution < 1.29 is 23.1 Å². The van der Waals surface area contributed by atoms with Crippen LogP contribution in [-0.4, -0.2) is 31.1 Å². The lowest BCUT2D eigenvalue weighted by Gasteiger charge is -2.49. The lowest BCUT2D eigenvalue weighted by atomic mass is 9.63. The van der Waals surface area contributed by atoms with Crippen molar-refractivity contribution in [2.45, 2.75) is 64.2 Å². The number of anilines is 1. The van der Waals surface area contributed by atoms with Crippen LogP contribution in [0.1, 0.15) is 64.9 Å². The van der Waals surface area contributed by atoms with Crippen molar-refractivity contribution in [2.24, 2.45) is 26.7 Å². The summed E-state index contributed by atoms with van der Waals surface area (Å²) in [5, 5.41) is 9.95. The number of sulfonamides is 1. The van der Waals surface area contributed by atoms with E-state index in [1.165, 1.54) is 12.1 Å². The number of aromatic hydroxyl groups is 1. The summed E-state index contributed by atoms with van der Waals surface area (Å²) in [6.07, 6.45) is 1.85. The largest absolute Gasteiger partial charge is 0.508 e. The Morgan fingerprint density at radius 1 is 0.825 bits per heavy atom. The Morgan fingerprint density at radius 3 is 1.75 bits per heavy atom. The molecule has 0 saturated heterocycles. The summed E-state index contributed by atoms with van der Waals surface area (Å²) in [4.78, 5) is 29.7. The molecule has 0 radical (unpaired) electrons. The Hall–Kier alpha value is -3.92. The smallest absolute Gasteiger partial charge is 0.285 e. The Morgan fingerprint density at radius 2 is 1.30 bits per heavy atom. The number of allylic oxidation sites excluding steroid dienone is 4. The Balaban J connectivity index is 1.77. The number of Topliss-reactive ketones (excluding diaryl/α,β-unsaturated/α-hetero) is 2. The number of ketones is 2. The van der Waals surface area contributed by atoms with E-state index in [4.69, 9.17) is 11.5 Å². The molecule has 3 aliphatic rings. The van der Waals surface area contributed by atoms with Crippen LogP contribution in [-0.2, 0) is 19.6 Å². The van der Waals surface area contributed by atoms with Gasteiger partial charge in [0.05, 0.1) is 4.90 Å². The summed E-state index contributed by atoms with van der Waals surface area (Å²) >= 11 is 0. The Kier molecular flexibility index (Phi) is 6.45. The fourth-order valence-electron chi connectivity index (χ4n) is 6.24. The predicted molar refractivity (Wildman–Crippen MR) is 153 cm³/mol. The molecule has 0 saturated carbocycles. The molecule has 0 unspecified atom stereocenters. The molecule has 2 aromatic carbocycles. The van der Waals surface area contributed by atoms with Crippen molar-refractivity contribution in [1.29, 1.82) is 0 Å². The van der Waals surface area contributed by atoms with Crippen LogP contribution >= 0.6 is 0 Å². The Bertz CT molecular complexity index is 1560. The summed E-state index contributed by atoms with van der Waals surface area (Å²) in [6.45, 7) is 8.20. The molecule has 210 valence electrons. The monoisotopic (exact) mass is 562 g/mol. The molecule has 2 aromatic rings. The summed E-state index contributed by atoms with van der Waals surface area (Å²) in [5.41, 5.74) is 14.2. The van der Waals surface area contributed by atoms with Crippen molar-refractivity contribution in [2.75, 3.05) is 4.90 Å². The van der Waals surface area contributed by atoms with Gasteiger partial charge in [-0.2, -0.15) is 8.42 Å². The van der Waals surface area contributed by atoms with Crippen LogP contribution in [0.15, 0.2) is 80.4 Å². The molecular formula is C30H34N4O5S. The molecule has 10 heteroatoms. The maximum absolute atomic E-state index is 13.9. The molecular weight excluding hydrogens is 528 g/mol. The fraction of sp³-hybridized carbons (Fsp3) is 0.367. The number of carbonyl (C=O) groups is 2. The lowest BCUT2D eigenvalue weighted by Crippen LogP contribution is -2.44. The lowest BCUT2D eigenvalue weighted by molar-refractivity contribution is -0.119. The van der Waals surface area contributed by atoms with E-state index in [1.807, 2.05) is 32.6 Å². The van der Waals surface area contributed by atoms with Gasteiger partial charge in [-0.15, -0.1) is 4.40 Å². The number of hydrogen-bond acceptors (Lipinski definition) is 6. The molecule has 1 aliphatic heterocycles. The number of hydrogen-bond donors (Lipinski definition) is 3. The second-order valence-electron chi connectivity index (χ2n) is 12.4. The summed E-state index contributed by atoms with van der Waals surface area (Å²) in [7, 11) is -4.09. The summed E-state index contributed by atoms with van der Waals surface area (Å²) in [6, 6.07) is 12.9. The highest BCUT2D eigenvalue weighted by atomic mass is 32.2. The molecule has 0 fully saturated rings. The third-order valence-corrected chi connectivity index (χ3v) is 9.07. The highest BCUT2D eigenvalue weighted by Crippen LogP contribution is 2.55. The SMILES string of the molecule is CC1(C)CC(=O)C2=C(C1)N(c1ccc(S(=O)(=O)N=C(N)N)cc1)C1=C(C(=O)CC(C)(C)C1)C2c1ccc(O)cc1. The van der Waals surface area contributed by atoms with Crippen LogP contribution in [0.25, 0.3) is 0 Å². The molecule has 0 aromatic heterocycles. The highest BCUT2D eigenvalue weighted by molar-refractivity contribution is 7.90. The molecule has 0 bridgehead atoms. The highest BCUT2D eigenvalue weighted by Gasteiger charge is 2.49. The van der Waals surface area contributed by atoms with E-state index in [0.29, 0.717) is 42.5 Å². The molecule has 1 heterocycles. The number of carbonyl (C=O) groups excluding carboxylic acids is 2. The predicted octanol–water partition coefficient (Wildman–Crippen LogP) is 4.24. The van der Waals surface area contributed by atoms with Gasteiger partial charge in [-0.25, -0.2) is 0 Å². The third kappa shape index (κ3) is 4.92. The molecule has 0 atom stereocenters. The minimum Gasteiger partial charge on any atom is -0.508 e. The van der Waals surface area contributed by atoms with Crippen molar-refractivity contribution in [3.63, 3.8) is 0 Å². The molecule has 2 aliphatic carbocycles. The van der Waals surface area contributed by atoms with E-state index in [1.54, 1.807) is 36.4 Å². The number of nitrogens with zero attached hydrogens (tertiary/aromatic N) is 2. The second kappa shape index (κ2) is 9.33. The standard InChI is InChI=1S/C30H34N4O5S/c1-29(2)13-21-26(23(36)15-29)25(17-5-9-19(35)10-6-17)27-22(14-30(3,4)16-24(27)37)34(21)18-7-11-20(12-8-18)40(38,39)33-28(31)32/h5-12,25,35H,13-16H2,1-4H3,(H4,31,32,33). The van der Waals surface area contributed by atoms with Gasteiger partial charge in [0, 0.05) is 47.0 Å². The van der Waals surface area contributed by atoms with Gasteiger partial charge in [0.2, 0.25) is 5.96 Å². The zero-order valence-corrected chi connectivity index (χ0v) is 23.9. The van der Waals surface area contributed by atoms with E-state index in [2.05, 4.69) is 4.40 Å². The van der Waals surface area contributed by atoms with Gasteiger partial charge in [0.25, 0.3) is 10.0 Å². The van der Waals surface area contributed by atoms with E-state index >= 15 is 0 Å². The first-order valence-electron chi connectivity index (χ1n) is 13.2. The average molecular weight is 563 g/mol. The topological polar surface area (TPSA) is 156 Å². The van der Waals surface area contributed by atoms with Crippen LogP contribution in [0, 0.1) is 10.8 Å². The van der Waals surface area contributed by atoms with Crippen LogP contribution < -0.4 is 16.4 Å². The van der Waals surface area contributed by atoms with Crippen molar-refractivity contribution in [3.05, 3.63) is 76.6 Å². The van der Waals surface area contributed by atoms with Gasteiger partial charge in [-0.3, -0.25) is 9.59 Å². The summed E-state index contributed by atoms with van der Waals surface area (Å²) < 4.78 is 28.5. The molecule has 5 rings (SSSR count). The van der Waals surface area contributed by atoms with Crippen LogP contribution in [0.3, 0.4) is 0 Å². The van der Waals surface area contributed by atoms with Crippen molar-refractivity contribution in [3.8, 4) is 5.75 Å². The van der Waals surface area contributed by atoms with Crippen molar-refractivity contribution in [1.82, 2.24) is 0 Å². The Labute approximate surface area is 234 Å². The van der Waals surface area contributed by atoms with Gasteiger partial charge in [0.1, 0.15) is 5.75 Å². The third-order valence-electron chi connectivity index (χ3n) is 7.75. The maximum Gasteiger partial charge on any atom is 0.285 e. The number of phenols is 1. The zero-order chi connectivity index (χ0) is 29.2. The number of benzene rings is 2. The van der Waals surface area contributed by atoms with E-state index in [9.17, 15) is 23.1 Å². The first-order valence-corrected chi connectivity index (χ1v) is 14.6. The fourth-order valence-corrected chi connectivity index (χ4v) is 7.10. The second-order valence-corrected chi connectivity index (χ2v) is 14.1. The normalized spacial score (nSPS) is 20.8. The van der Waals surface area contributed by atoms with E-state index in [0.717, 1.165) is 17.0 Å². The van der Waals surface area contributed by atoms with Crippen LogP contribution in [0.4, 0.5) is 5.69 Å². The molecule has 5 N–H and O–H groups in total. The minimum atomic E-state index is -4.09. The average Bonchev–Trinajstić information content (AvgIpc) is 2.81. The number of phenolic OH excluding ortho intramolecular Hbond substituents is 1. The van der Waals surface area contributed by atoms with Crippen LogP contribution in [0.5, 0.6) is 5.75 Å². The van der Waals surface area contributed by atoms with Crippen molar-refractivity contribution >= 4 is 33.2 Å². The molecule has 40 heavy (non-hydrogen) atoms. The maximum atomic E-state index is 13.9. The first kappa shape index (κ1) is 27.6. The van der Waals surface area contributed by atoms with Gasteiger partial charge in [-0.1, -0.05) is 39.8 Å². The molecule has 9 nitrogen and oxygen atoms in total.